The number of rotatable bonds is 8. The quantitative estimate of drug-likeness (QED) is 0.422. The van der Waals surface area contributed by atoms with Crippen molar-refractivity contribution >= 4 is 28.6 Å². The van der Waals surface area contributed by atoms with Gasteiger partial charge in [0.2, 0.25) is 0 Å². The van der Waals surface area contributed by atoms with Crippen molar-refractivity contribution in [3.63, 3.8) is 0 Å². The summed E-state index contributed by atoms with van der Waals surface area (Å²) < 4.78 is 5.95. The van der Waals surface area contributed by atoms with Crippen LogP contribution in [0.15, 0.2) is 60.7 Å². The van der Waals surface area contributed by atoms with Gasteiger partial charge in [-0.1, -0.05) is 29.8 Å². The fourth-order valence-corrected chi connectivity index (χ4v) is 4.37. The summed E-state index contributed by atoms with van der Waals surface area (Å²) in [6, 6.07) is 18.6. The average Bonchev–Trinajstić information content (AvgIpc) is 2.86. The van der Waals surface area contributed by atoms with Crippen molar-refractivity contribution in [1.29, 1.82) is 0 Å². The Morgan fingerprint density at radius 2 is 1.40 bits per heavy atom. The number of carboxylic acid groups (broad SMARTS) is 1. The molecule has 0 bridgehead atoms. The number of aliphatic carboxylic acids is 1. The van der Waals surface area contributed by atoms with Crippen LogP contribution in [-0.2, 0) is 4.79 Å². The SMILES string of the molecule is Cc1ccc2ccc(C(=O)NCCNC(=O)c3ccc(O[C@H]4CC[C@@H](C(=O)O)CC4)cc3)cc2c1. The smallest absolute Gasteiger partial charge is 0.306 e. The number of hydrogen-bond donors (Lipinski definition) is 3. The zero-order valence-corrected chi connectivity index (χ0v) is 19.8. The molecule has 0 heterocycles. The average molecular weight is 475 g/mol. The minimum absolute atomic E-state index is 0.000477. The van der Waals surface area contributed by atoms with Gasteiger partial charge in [-0.25, -0.2) is 0 Å². The molecule has 0 spiro atoms. The van der Waals surface area contributed by atoms with Crippen LogP contribution in [0.2, 0.25) is 0 Å². The Kier molecular flexibility index (Phi) is 7.65. The van der Waals surface area contributed by atoms with Gasteiger partial charge in [0.1, 0.15) is 5.75 Å². The molecule has 4 rings (SSSR count). The molecular formula is C28H30N2O5. The fourth-order valence-electron chi connectivity index (χ4n) is 4.37. The summed E-state index contributed by atoms with van der Waals surface area (Å²) in [6.45, 7) is 2.64. The van der Waals surface area contributed by atoms with Gasteiger partial charge in [-0.2, -0.15) is 0 Å². The van der Waals surface area contributed by atoms with Gasteiger partial charge in [0, 0.05) is 24.2 Å². The van der Waals surface area contributed by atoms with E-state index < -0.39 is 5.97 Å². The van der Waals surface area contributed by atoms with E-state index >= 15 is 0 Å². The maximum absolute atomic E-state index is 12.5. The number of ether oxygens (including phenoxy) is 1. The summed E-state index contributed by atoms with van der Waals surface area (Å²) in [7, 11) is 0. The van der Waals surface area contributed by atoms with E-state index in [1.54, 1.807) is 30.3 Å². The maximum atomic E-state index is 12.5. The Labute approximate surface area is 204 Å². The second kappa shape index (κ2) is 11.0. The van der Waals surface area contributed by atoms with Crippen molar-refractivity contribution in [2.24, 2.45) is 5.92 Å². The van der Waals surface area contributed by atoms with Gasteiger partial charge in [0.25, 0.3) is 11.8 Å². The highest BCUT2D eigenvalue weighted by Crippen LogP contribution is 2.28. The summed E-state index contributed by atoms with van der Waals surface area (Å²) in [6.07, 6.45) is 2.67. The first-order valence-corrected chi connectivity index (χ1v) is 12.0. The Balaban J connectivity index is 1.20. The van der Waals surface area contributed by atoms with E-state index in [9.17, 15) is 14.4 Å². The van der Waals surface area contributed by atoms with Crippen LogP contribution >= 0.6 is 0 Å². The molecule has 7 nitrogen and oxygen atoms in total. The molecule has 0 aromatic heterocycles. The minimum Gasteiger partial charge on any atom is -0.490 e. The van der Waals surface area contributed by atoms with Crippen molar-refractivity contribution in [3.05, 3.63) is 77.4 Å². The molecule has 182 valence electrons. The summed E-state index contributed by atoms with van der Waals surface area (Å²) >= 11 is 0. The third kappa shape index (κ3) is 6.38. The first-order chi connectivity index (χ1) is 16.9. The Bertz CT molecular complexity index is 1210. The van der Waals surface area contributed by atoms with E-state index in [1.807, 2.05) is 37.3 Å². The second-order valence-electron chi connectivity index (χ2n) is 9.03. The molecule has 0 aliphatic heterocycles. The van der Waals surface area contributed by atoms with Gasteiger partial charge in [-0.3, -0.25) is 14.4 Å². The lowest BCUT2D eigenvalue weighted by Crippen LogP contribution is -2.34. The lowest BCUT2D eigenvalue weighted by Gasteiger charge is -2.26. The predicted molar refractivity (Wildman–Crippen MR) is 134 cm³/mol. The van der Waals surface area contributed by atoms with Crippen molar-refractivity contribution in [2.45, 2.75) is 38.7 Å². The highest BCUT2D eigenvalue weighted by molar-refractivity contribution is 5.98. The lowest BCUT2D eigenvalue weighted by atomic mass is 9.87. The molecule has 1 aliphatic rings. The summed E-state index contributed by atoms with van der Waals surface area (Å²) in [5.74, 6) is -0.752. The third-order valence-electron chi connectivity index (χ3n) is 6.40. The molecule has 3 aromatic rings. The van der Waals surface area contributed by atoms with E-state index in [2.05, 4.69) is 10.6 Å². The van der Waals surface area contributed by atoms with Crippen LogP contribution in [0, 0.1) is 12.8 Å². The summed E-state index contributed by atoms with van der Waals surface area (Å²) in [5.41, 5.74) is 2.23. The first-order valence-electron chi connectivity index (χ1n) is 12.0. The monoisotopic (exact) mass is 474 g/mol. The number of amides is 2. The van der Waals surface area contributed by atoms with Crippen molar-refractivity contribution in [2.75, 3.05) is 13.1 Å². The van der Waals surface area contributed by atoms with Gasteiger partial charge in [0.15, 0.2) is 0 Å². The van der Waals surface area contributed by atoms with Gasteiger partial charge in [-0.05, 0) is 79.8 Å². The number of fused-ring (bicyclic) bond motifs is 1. The second-order valence-corrected chi connectivity index (χ2v) is 9.03. The van der Waals surface area contributed by atoms with E-state index in [0.29, 0.717) is 55.6 Å². The molecule has 0 radical (unpaired) electrons. The molecule has 0 unspecified atom stereocenters. The number of carbonyl (C=O) groups excluding carboxylic acids is 2. The van der Waals surface area contributed by atoms with E-state index in [1.165, 1.54) is 0 Å². The van der Waals surface area contributed by atoms with Crippen molar-refractivity contribution in [1.82, 2.24) is 10.6 Å². The van der Waals surface area contributed by atoms with E-state index in [4.69, 9.17) is 9.84 Å². The molecular weight excluding hydrogens is 444 g/mol. The molecule has 1 aliphatic carbocycles. The van der Waals surface area contributed by atoms with Crippen molar-refractivity contribution < 1.29 is 24.2 Å². The molecule has 3 N–H and O–H groups in total. The van der Waals surface area contributed by atoms with E-state index in [-0.39, 0.29) is 23.8 Å². The summed E-state index contributed by atoms with van der Waals surface area (Å²) in [5, 5.41) is 16.8. The van der Waals surface area contributed by atoms with Crippen LogP contribution in [-0.4, -0.2) is 42.1 Å². The zero-order valence-electron chi connectivity index (χ0n) is 19.8. The number of hydrogen-bond acceptors (Lipinski definition) is 4. The number of carbonyl (C=O) groups is 3. The van der Waals surface area contributed by atoms with Gasteiger partial charge < -0.3 is 20.5 Å². The molecule has 1 saturated carbocycles. The molecule has 7 heteroatoms. The summed E-state index contributed by atoms with van der Waals surface area (Å²) in [4.78, 5) is 36.0. The van der Waals surface area contributed by atoms with Gasteiger partial charge in [-0.15, -0.1) is 0 Å². The Hall–Kier alpha value is -3.87. The Morgan fingerprint density at radius 1 is 0.800 bits per heavy atom. The standard InChI is InChI=1S/C28H30N2O5/c1-18-2-3-19-4-5-22(17-23(19)16-18)27(32)30-15-14-29-26(31)20-6-10-24(11-7-20)35-25-12-8-21(9-13-25)28(33)34/h2-7,10-11,16-17,21,25H,8-9,12-15H2,1H3,(H,29,31)(H,30,32)(H,33,34)/t21-,25+. The highest BCUT2D eigenvalue weighted by atomic mass is 16.5. The third-order valence-corrected chi connectivity index (χ3v) is 6.40. The lowest BCUT2D eigenvalue weighted by molar-refractivity contribution is -0.143. The largest absolute Gasteiger partial charge is 0.490 e. The number of aryl methyl sites for hydroxylation is 1. The van der Waals surface area contributed by atoms with Crippen LogP contribution in [0.5, 0.6) is 5.75 Å². The molecule has 3 aromatic carbocycles. The van der Waals surface area contributed by atoms with Gasteiger partial charge in [0.05, 0.1) is 12.0 Å². The molecule has 35 heavy (non-hydrogen) atoms. The van der Waals surface area contributed by atoms with Crippen LogP contribution < -0.4 is 15.4 Å². The number of benzene rings is 3. The van der Waals surface area contributed by atoms with Crippen LogP contribution in [0.1, 0.15) is 52.0 Å². The highest BCUT2D eigenvalue weighted by Gasteiger charge is 2.26. The first kappa shape index (κ1) is 24.3. The topological polar surface area (TPSA) is 105 Å². The van der Waals surface area contributed by atoms with Crippen LogP contribution in [0.3, 0.4) is 0 Å². The molecule has 2 amide bonds. The molecule has 1 fully saturated rings. The van der Waals surface area contributed by atoms with Crippen LogP contribution in [0.4, 0.5) is 0 Å². The molecule has 0 saturated heterocycles. The predicted octanol–water partition coefficient (Wildman–Crippen LogP) is 4.33. The van der Waals surface area contributed by atoms with Crippen molar-refractivity contribution in [3.8, 4) is 5.75 Å². The van der Waals surface area contributed by atoms with E-state index in [0.717, 1.165) is 16.3 Å². The Morgan fingerprint density at radius 3 is 2.06 bits per heavy atom. The molecule has 0 atom stereocenters. The van der Waals surface area contributed by atoms with Gasteiger partial charge >= 0.3 is 5.97 Å². The number of carboxylic acids is 1. The number of nitrogens with one attached hydrogen (secondary N) is 2. The maximum Gasteiger partial charge on any atom is 0.306 e. The zero-order chi connectivity index (χ0) is 24.8. The minimum atomic E-state index is -0.734. The van der Waals surface area contributed by atoms with Crippen LogP contribution in [0.25, 0.3) is 10.8 Å². The normalized spacial score (nSPS) is 17.5. The fraction of sp³-hybridized carbons (Fsp3) is 0.321.